The number of methoxy groups -OCH3 is 1. The number of aliphatic hydroxyl groups excluding tert-OH is 1. The first kappa shape index (κ1) is 28.7. The number of nitrogens with two attached hydrogens (primary N) is 1. The fourth-order valence-corrected chi connectivity index (χ4v) is 7.09. The minimum Gasteiger partial charge on any atom is -0.379 e. The minimum atomic E-state index is -0.566. The molecule has 5 unspecified atom stereocenters. The maximum atomic E-state index is 13.0. The van der Waals surface area contributed by atoms with Crippen LogP contribution in [0, 0.1) is 11.8 Å². The number of nitrogens with zero attached hydrogens (tertiary/aromatic N) is 3. The van der Waals surface area contributed by atoms with E-state index in [9.17, 15) is 9.90 Å². The van der Waals surface area contributed by atoms with Crippen LogP contribution in [0.1, 0.15) is 57.8 Å². The van der Waals surface area contributed by atoms with Crippen molar-refractivity contribution >= 4 is 5.91 Å². The van der Waals surface area contributed by atoms with Gasteiger partial charge in [-0.3, -0.25) is 19.5 Å². The van der Waals surface area contributed by atoms with Gasteiger partial charge < -0.3 is 30.4 Å². The van der Waals surface area contributed by atoms with E-state index < -0.39 is 11.9 Å². The van der Waals surface area contributed by atoms with E-state index in [0.29, 0.717) is 6.04 Å². The lowest BCUT2D eigenvalue weighted by molar-refractivity contribution is -0.138. The number of hydrogen-bond acceptors (Lipinski definition) is 9. The molecule has 0 aromatic rings. The van der Waals surface area contributed by atoms with E-state index >= 15 is 0 Å². The molecule has 0 bridgehead atoms. The molecule has 2 heterocycles. The Morgan fingerprint density at radius 3 is 2.50 bits per heavy atom. The van der Waals surface area contributed by atoms with Crippen molar-refractivity contribution in [2.24, 2.45) is 17.6 Å². The fourth-order valence-electron chi connectivity index (χ4n) is 7.09. The number of nitrogens with one attached hydrogen (secondary N) is 1. The molecule has 2 aliphatic heterocycles. The second-order valence-corrected chi connectivity index (χ2v) is 12.3. The summed E-state index contributed by atoms with van der Waals surface area (Å²) >= 11 is 0. The van der Waals surface area contributed by atoms with Crippen molar-refractivity contribution in [3.8, 4) is 0 Å². The number of carbonyl (C=O) groups excluding carboxylic acids is 1. The molecular formula is C28H51N5O5. The number of morpholine rings is 1. The van der Waals surface area contributed by atoms with Crippen LogP contribution >= 0.6 is 0 Å². The van der Waals surface area contributed by atoms with Crippen molar-refractivity contribution in [1.29, 1.82) is 0 Å². The predicted molar refractivity (Wildman–Crippen MR) is 144 cm³/mol. The number of hydrogen-bond donors (Lipinski definition) is 3. The Morgan fingerprint density at radius 1 is 1.05 bits per heavy atom. The van der Waals surface area contributed by atoms with Gasteiger partial charge in [0.05, 0.1) is 37.7 Å². The van der Waals surface area contributed by atoms with Crippen molar-refractivity contribution in [2.45, 2.75) is 87.9 Å². The summed E-state index contributed by atoms with van der Waals surface area (Å²) in [5.74, 6) is -0.110. The van der Waals surface area contributed by atoms with Crippen LogP contribution in [0.15, 0.2) is 0 Å². The number of piperazine rings is 1. The molecule has 3 saturated carbocycles. The molecule has 1 amide bonds. The SMILES string of the molecule is COC1CC(N2CCN([C@@H](O)C3CCCCC3C(=O)NC3(N)CC3)CC2)CCC1OCCN1CCOCC1. The first-order valence-corrected chi connectivity index (χ1v) is 15.2. The highest BCUT2D eigenvalue weighted by atomic mass is 16.5. The summed E-state index contributed by atoms with van der Waals surface area (Å²) in [6.07, 6.45) is 8.45. The molecule has 0 aromatic heterocycles. The summed E-state index contributed by atoms with van der Waals surface area (Å²) in [4.78, 5) is 20.2. The highest BCUT2D eigenvalue weighted by molar-refractivity contribution is 5.80. The van der Waals surface area contributed by atoms with Gasteiger partial charge in [0.1, 0.15) is 6.23 Å². The first-order chi connectivity index (χ1) is 18.5. The molecular weight excluding hydrogens is 486 g/mol. The highest BCUT2D eigenvalue weighted by Crippen LogP contribution is 2.37. The molecule has 5 aliphatic rings. The number of aliphatic hydroxyl groups is 1. The summed E-state index contributed by atoms with van der Waals surface area (Å²) in [6, 6.07) is 0.492. The third kappa shape index (κ3) is 7.26. The van der Waals surface area contributed by atoms with Gasteiger partial charge in [-0.05, 0) is 44.9 Å². The van der Waals surface area contributed by atoms with Crippen molar-refractivity contribution in [2.75, 3.05) is 72.7 Å². The van der Waals surface area contributed by atoms with Gasteiger partial charge in [0.2, 0.25) is 5.91 Å². The molecule has 0 spiro atoms. The molecule has 38 heavy (non-hydrogen) atoms. The molecule has 10 heteroatoms. The molecule has 10 nitrogen and oxygen atoms in total. The average molecular weight is 538 g/mol. The topological polar surface area (TPSA) is 113 Å². The second kappa shape index (κ2) is 13.2. The molecule has 0 radical (unpaired) electrons. The van der Waals surface area contributed by atoms with Crippen LogP contribution in [0.4, 0.5) is 0 Å². The van der Waals surface area contributed by atoms with Crippen LogP contribution in [0.5, 0.6) is 0 Å². The number of amides is 1. The zero-order chi connectivity index (χ0) is 26.5. The van der Waals surface area contributed by atoms with E-state index in [2.05, 4.69) is 20.0 Å². The number of ether oxygens (including phenoxy) is 3. The molecule has 0 aromatic carbocycles. The van der Waals surface area contributed by atoms with Gasteiger partial charge in [-0.1, -0.05) is 12.8 Å². The molecule has 4 N–H and O–H groups in total. The van der Waals surface area contributed by atoms with E-state index in [-0.39, 0.29) is 30.0 Å². The minimum absolute atomic E-state index is 0.0134. The van der Waals surface area contributed by atoms with E-state index in [1.54, 1.807) is 0 Å². The molecule has 2 saturated heterocycles. The summed E-state index contributed by atoms with van der Waals surface area (Å²) < 4.78 is 17.6. The monoisotopic (exact) mass is 537 g/mol. The summed E-state index contributed by atoms with van der Waals surface area (Å²) in [6.45, 7) is 8.89. The largest absolute Gasteiger partial charge is 0.379 e. The molecule has 3 aliphatic carbocycles. The van der Waals surface area contributed by atoms with Crippen LogP contribution < -0.4 is 11.1 Å². The second-order valence-electron chi connectivity index (χ2n) is 12.3. The normalized spacial score (nSPS) is 36.0. The van der Waals surface area contributed by atoms with Gasteiger partial charge in [0.25, 0.3) is 0 Å². The number of carbonyl (C=O) groups is 1. The highest BCUT2D eigenvalue weighted by Gasteiger charge is 2.45. The van der Waals surface area contributed by atoms with Crippen molar-refractivity contribution in [3.05, 3.63) is 0 Å². The summed E-state index contributed by atoms with van der Waals surface area (Å²) in [7, 11) is 1.81. The van der Waals surface area contributed by atoms with Gasteiger partial charge in [0, 0.05) is 70.8 Å². The molecule has 5 rings (SSSR count). The Hall–Kier alpha value is -0.850. The summed E-state index contributed by atoms with van der Waals surface area (Å²) in [5, 5.41) is 14.4. The van der Waals surface area contributed by atoms with Crippen molar-refractivity contribution < 1.29 is 24.1 Å². The van der Waals surface area contributed by atoms with Crippen LogP contribution in [0.2, 0.25) is 0 Å². The van der Waals surface area contributed by atoms with Gasteiger partial charge in [-0.15, -0.1) is 0 Å². The van der Waals surface area contributed by atoms with E-state index in [1.807, 2.05) is 7.11 Å². The molecule has 218 valence electrons. The van der Waals surface area contributed by atoms with Crippen LogP contribution in [0.3, 0.4) is 0 Å². The van der Waals surface area contributed by atoms with Crippen LogP contribution in [-0.4, -0.2) is 129 Å². The lowest BCUT2D eigenvalue weighted by atomic mass is 9.77. The molecule has 5 fully saturated rings. The Labute approximate surface area is 228 Å². The third-order valence-electron chi connectivity index (χ3n) is 9.79. The van der Waals surface area contributed by atoms with Gasteiger partial charge in [-0.25, -0.2) is 0 Å². The van der Waals surface area contributed by atoms with E-state index in [1.165, 1.54) is 0 Å². The summed E-state index contributed by atoms with van der Waals surface area (Å²) in [5.41, 5.74) is 5.66. The fraction of sp³-hybridized carbons (Fsp3) is 0.964. The predicted octanol–water partition coefficient (Wildman–Crippen LogP) is 0.579. The van der Waals surface area contributed by atoms with Gasteiger partial charge in [-0.2, -0.15) is 0 Å². The zero-order valence-corrected chi connectivity index (χ0v) is 23.4. The molecule has 6 atom stereocenters. The Morgan fingerprint density at radius 2 is 1.79 bits per heavy atom. The lowest BCUT2D eigenvalue weighted by Gasteiger charge is -2.46. The maximum Gasteiger partial charge on any atom is 0.224 e. The van der Waals surface area contributed by atoms with Crippen molar-refractivity contribution in [1.82, 2.24) is 20.0 Å². The quantitative estimate of drug-likeness (QED) is 0.345. The van der Waals surface area contributed by atoms with Crippen molar-refractivity contribution in [3.63, 3.8) is 0 Å². The van der Waals surface area contributed by atoms with E-state index in [0.717, 1.165) is 123 Å². The van der Waals surface area contributed by atoms with Gasteiger partial charge >= 0.3 is 0 Å². The van der Waals surface area contributed by atoms with Crippen LogP contribution in [-0.2, 0) is 19.0 Å². The average Bonchev–Trinajstić information content (AvgIpc) is 3.69. The van der Waals surface area contributed by atoms with Gasteiger partial charge in [0.15, 0.2) is 0 Å². The maximum absolute atomic E-state index is 13.0. The Balaban J connectivity index is 1.06. The Bertz CT molecular complexity index is 756. The lowest BCUT2D eigenvalue weighted by Crippen LogP contribution is -2.58. The smallest absolute Gasteiger partial charge is 0.224 e. The third-order valence-corrected chi connectivity index (χ3v) is 9.79. The Kier molecular flexibility index (Phi) is 9.97. The zero-order valence-electron chi connectivity index (χ0n) is 23.4. The van der Waals surface area contributed by atoms with E-state index in [4.69, 9.17) is 19.9 Å². The standard InChI is InChI=1S/C28H51N5O5/c1-36-25-20-21(6-7-24(25)38-19-16-31-14-17-37-18-15-31)32-10-12-33(13-11-32)27(35)23-5-3-2-4-22(23)26(34)30-28(29)8-9-28/h21-25,27,35H,2-20,29H2,1H3,(H,30,34)/t21?,22?,23?,24?,25?,27-/m0/s1. The number of rotatable bonds is 10. The first-order valence-electron chi connectivity index (χ1n) is 15.2. The van der Waals surface area contributed by atoms with Crippen LogP contribution in [0.25, 0.3) is 0 Å².